The van der Waals surface area contributed by atoms with Gasteiger partial charge in [0, 0.05) is 6.42 Å². The van der Waals surface area contributed by atoms with Crippen LogP contribution in [0.1, 0.15) is 104 Å². The average Bonchev–Trinajstić information content (AvgIpc) is 2.51. The first-order valence-electron chi connectivity index (χ1n) is 9.95. The van der Waals surface area contributed by atoms with E-state index in [0.717, 1.165) is 30.4 Å². The van der Waals surface area contributed by atoms with Gasteiger partial charge in [0.25, 0.3) is 0 Å². The lowest BCUT2D eigenvalue weighted by atomic mass is 9.76. The summed E-state index contributed by atoms with van der Waals surface area (Å²) in [6.07, 6.45) is 3.35. The van der Waals surface area contributed by atoms with Crippen LogP contribution in [0.2, 0.25) is 0 Å². The molecule has 0 heterocycles. The Labute approximate surface area is 160 Å². The zero-order valence-corrected chi connectivity index (χ0v) is 18.0. The number of benzene rings is 1. The van der Waals surface area contributed by atoms with Crippen LogP contribution < -0.4 is 0 Å². The maximum absolute atomic E-state index is 11.4. The maximum atomic E-state index is 11.4. The first-order chi connectivity index (χ1) is 11.9. The van der Waals surface area contributed by atoms with E-state index in [0.29, 0.717) is 24.7 Å². The molecule has 3 nitrogen and oxygen atoms in total. The quantitative estimate of drug-likeness (QED) is 0.586. The average molecular weight is 363 g/mol. The van der Waals surface area contributed by atoms with Gasteiger partial charge in [0.15, 0.2) is 0 Å². The first kappa shape index (κ1) is 22.5. The highest BCUT2D eigenvalue weighted by atomic mass is 16.5. The van der Waals surface area contributed by atoms with Crippen molar-refractivity contribution in [3.8, 4) is 5.75 Å². The molecule has 3 heteroatoms. The second-order valence-corrected chi connectivity index (χ2v) is 9.31. The lowest BCUT2D eigenvalue weighted by molar-refractivity contribution is -0.143. The number of hydrogen-bond donors (Lipinski definition) is 1. The van der Waals surface area contributed by atoms with Gasteiger partial charge in [-0.3, -0.25) is 4.79 Å². The lowest BCUT2D eigenvalue weighted by Crippen LogP contribution is -2.19. The molecule has 1 aromatic rings. The normalized spacial score (nSPS) is 13.5. The molecule has 0 amide bonds. The molecule has 1 N–H and O–H groups in total. The van der Waals surface area contributed by atoms with Crippen LogP contribution in [0.25, 0.3) is 0 Å². The summed E-state index contributed by atoms with van der Waals surface area (Å²) in [6, 6.07) is 4.32. The third-order valence-electron chi connectivity index (χ3n) is 4.87. The van der Waals surface area contributed by atoms with Crippen LogP contribution in [0.3, 0.4) is 0 Å². The van der Waals surface area contributed by atoms with Gasteiger partial charge in [0.1, 0.15) is 5.75 Å². The Balaban J connectivity index is 3.30. The largest absolute Gasteiger partial charge is 0.507 e. The predicted octanol–water partition coefficient (Wildman–Crippen LogP) is 6.21. The summed E-state index contributed by atoms with van der Waals surface area (Å²) in [5.74, 6) is 0.602. The van der Waals surface area contributed by atoms with Crippen LogP contribution >= 0.6 is 0 Å². The van der Waals surface area contributed by atoms with Gasteiger partial charge in [-0.2, -0.15) is 0 Å². The molecule has 1 rings (SSSR count). The molecule has 148 valence electrons. The molecule has 0 spiro atoms. The van der Waals surface area contributed by atoms with E-state index in [1.165, 1.54) is 5.56 Å². The van der Waals surface area contributed by atoms with E-state index in [1.54, 1.807) is 0 Å². The van der Waals surface area contributed by atoms with E-state index in [4.69, 9.17) is 4.74 Å². The maximum Gasteiger partial charge on any atom is 0.305 e. The van der Waals surface area contributed by atoms with Gasteiger partial charge < -0.3 is 9.84 Å². The van der Waals surface area contributed by atoms with Gasteiger partial charge >= 0.3 is 5.97 Å². The number of phenols is 1. The van der Waals surface area contributed by atoms with Gasteiger partial charge in [-0.15, -0.1) is 0 Å². The number of esters is 1. The SMILES string of the molecule is CCCC(CCOC(=O)CC)c1cc(C(C)(C)C)c(O)c(C(C)(C)C)c1. The summed E-state index contributed by atoms with van der Waals surface area (Å²) in [5.41, 5.74) is 2.96. The third-order valence-corrected chi connectivity index (χ3v) is 4.87. The molecule has 0 aliphatic carbocycles. The molecule has 0 radical (unpaired) electrons. The molecule has 0 saturated heterocycles. The fourth-order valence-electron chi connectivity index (χ4n) is 3.28. The van der Waals surface area contributed by atoms with E-state index < -0.39 is 0 Å². The smallest absolute Gasteiger partial charge is 0.305 e. The zero-order valence-electron chi connectivity index (χ0n) is 18.0. The first-order valence-corrected chi connectivity index (χ1v) is 9.95. The molecule has 26 heavy (non-hydrogen) atoms. The van der Waals surface area contributed by atoms with Crippen molar-refractivity contribution in [3.63, 3.8) is 0 Å². The lowest BCUT2D eigenvalue weighted by Gasteiger charge is -2.30. The van der Waals surface area contributed by atoms with Crippen LogP contribution in [0.5, 0.6) is 5.75 Å². The second kappa shape index (κ2) is 8.92. The molecule has 0 saturated carbocycles. The summed E-state index contributed by atoms with van der Waals surface area (Å²) < 4.78 is 5.32. The number of ether oxygens (including phenoxy) is 1. The standard InChI is InChI=1S/C23H38O3/c1-9-11-16(12-13-26-20(24)10-2)17-14-18(22(3,4)5)21(25)19(15-17)23(6,7)8/h14-16,25H,9-13H2,1-8H3. The molecule has 0 aliphatic heterocycles. The van der Waals surface area contributed by atoms with Crippen molar-refractivity contribution < 1.29 is 14.6 Å². The molecule has 1 atom stereocenters. The Bertz CT molecular complexity index is 568. The van der Waals surface area contributed by atoms with Crippen molar-refractivity contribution in [1.82, 2.24) is 0 Å². The van der Waals surface area contributed by atoms with Crippen LogP contribution in [0, 0.1) is 0 Å². The van der Waals surface area contributed by atoms with Crippen LogP contribution in [0.4, 0.5) is 0 Å². The Morgan fingerprint density at radius 2 is 1.50 bits per heavy atom. The Hall–Kier alpha value is -1.51. The van der Waals surface area contributed by atoms with Crippen LogP contribution in [0.15, 0.2) is 12.1 Å². The van der Waals surface area contributed by atoms with Crippen LogP contribution in [-0.2, 0) is 20.4 Å². The summed E-state index contributed by atoms with van der Waals surface area (Å²) in [4.78, 5) is 11.4. The summed E-state index contributed by atoms with van der Waals surface area (Å²) in [5, 5.41) is 10.9. The highest BCUT2D eigenvalue weighted by Crippen LogP contribution is 2.42. The minimum absolute atomic E-state index is 0.133. The molecule has 0 fully saturated rings. The van der Waals surface area contributed by atoms with Gasteiger partial charge in [-0.1, -0.05) is 73.9 Å². The monoisotopic (exact) mass is 362 g/mol. The van der Waals surface area contributed by atoms with Gasteiger partial charge in [-0.25, -0.2) is 0 Å². The van der Waals surface area contributed by atoms with Gasteiger partial charge in [0.2, 0.25) is 0 Å². The molecule has 0 aliphatic rings. The summed E-state index contributed by atoms with van der Waals surface area (Å²) >= 11 is 0. The molecule has 0 aromatic heterocycles. The predicted molar refractivity (Wildman–Crippen MR) is 109 cm³/mol. The summed E-state index contributed by atoms with van der Waals surface area (Å²) in [6.45, 7) is 17.3. The topological polar surface area (TPSA) is 46.5 Å². The highest BCUT2D eigenvalue weighted by Gasteiger charge is 2.28. The number of carbonyl (C=O) groups is 1. The third kappa shape index (κ3) is 6.03. The molecule has 1 unspecified atom stereocenters. The fourth-order valence-corrected chi connectivity index (χ4v) is 3.28. The molecule has 1 aromatic carbocycles. The summed E-state index contributed by atoms with van der Waals surface area (Å²) in [7, 11) is 0. The number of phenolic OH excluding ortho intramolecular Hbond substituents is 1. The number of carbonyl (C=O) groups excluding carboxylic acids is 1. The minimum atomic E-state index is -0.142. The molecular formula is C23H38O3. The Morgan fingerprint density at radius 3 is 1.88 bits per heavy atom. The van der Waals surface area contributed by atoms with Crippen molar-refractivity contribution in [2.75, 3.05) is 6.61 Å². The molecule has 0 bridgehead atoms. The highest BCUT2D eigenvalue weighted by molar-refractivity contribution is 5.68. The number of rotatable bonds is 7. The van der Waals surface area contributed by atoms with E-state index in [9.17, 15) is 9.90 Å². The van der Waals surface area contributed by atoms with E-state index in [-0.39, 0.29) is 16.8 Å². The Kier molecular flexibility index (Phi) is 7.73. The fraction of sp³-hybridized carbons (Fsp3) is 0.696. The van der Waals surface area contributed by atoms with Crippen molar-refractivity contribution in [1.29, 1.82) is 0 Å². The van der Waals surface area contributed by atoms with Crippen molar-refractivity contribution in [2.45, 2.75) is 97.8 Å². The van der Waals surface area contributed by atoms with Crippen molar-refractivity contribution >= 4 is 5.97 Å². The minimum Gasteiger partial charge on any atom is -0.507 e. The zero-order chi connectivity index (χ0) is 20.1. The number of hydrogen-bond acceptors (Lipinski definition) is 3. The molecular weight excluding hydrogens is 324 g/mol. The van der Waals surface area contributed by atoms with E-state index in [2.05, 4.69) is 60.6 Å². The van der Waals surface area contributed by atoms with Crippen LogP contribution in [-0.4, -0.2) is 17.7 Å². The van der Waals surface area contributed by atoms with Gasteiger partial charge in [0.05, 0.1) is 6.61 Å². The second-order valence-electron chi connectivity index (χ2n) is 9.31. The number of aromatic hydroxyl groups is 1. The van der Waals surface area contributed by atoms with Gasteiger partial charge in [-0.05, 0) is 46.3 Å². The van der Waals surface area contributed by atoms with Crippen molar-refractivity contribution in [3.05, 3.63) is 28.8 Å². The van der Waals surface area contributed by atoms with Crippen molar-refractivity contribution in [2.24, 2.45) is 0 Å². The van der Waals surface area contributed by atoms with E-state index >= 15 is 0 Å². The Morgan fingerprint density at radius 1 is 1.00 bits per heavy atom. The van der Waals surface area contributed by atoms with E-state index in [1.807, 2.05) is 6.92 Å².